The van der Waals surface area contributed by atoms with E-state index >= 15 is 0 Å². The lowest BCUT2D eigenvalue weighted by Crippen LogP contribution is -2.36. The smallest absolute Gasteiger partial charge is 0.243 e. The molecule has 9 heteroatoms. The summed E-state index contributed by atoms with van der Waals surface area (Å²) >= 11 is 0. The fourth-order valence-electron chi connectivity index (χ4n) is 4.06. The lowest BCUT2D eigenvalue weighted by atomic mass is 10.3. The molecule has 2 aromatic heterocycles. The van der Waals surface area contributed by atoms with Crippen LogP contribution in [-0.2, 0) is 23.1 Å². The minimum absolute atomic E-state index is 0.235. The van der Waals surface area contributed by atoms with Gasteiger partial charge in [0.05, 0.1) is 46.7 Å². The number of imidazole rings is 2. The van der Waals surface area contributed by atoms with Crippen LogP contribution < -0.4 is 4.74 Å². The lowest BCUT2D eigenvalue weighted by molar-refractivity contribution is 0.378. The number of nitrogens with zero attached hydrogens (tertiary/aromatic N) is 5. The van der Waals surface area contributed by atoms with E-state index in [0.717, 1.165) is 22.1 Å². The van der Waals surface area contributed by atoms with E-state index in [9.17, 15) is 8.42 Å². The number of para-hydroxylation sites is 4. The van der Waals surface area contributed by atoms with Crippen LogP contribution in [-0.4, -0.2) is 52.0 Å². The van der Waals surface area contributed by atoms with Crippen LogP contribution in [0.2, 0.25) is 0 Å². The first kappa shape index (κ1) is 22.1. The van der Waals surface area contributed by atoms with Gasteiger partial charge in [0.25, 0.3) is 0 Å². The molecule has 5 aromatic rings. The summed E-state index contributed by atoms with van der Waals surface area (Å²) in [6.07, 6.45) is 3.51. The second kappa shape index (κ2) is 9.28. The number of aromatic nitrogens is 4. The van der Waals surface area contributed by atoms with Crippen molar-refractivity contribution >= 4 is 32.1 Å². The molecule has 2 heterocycles. The standard InChI is InChI=1S/C25H25N5O3S/c1-33-20-10-12-21(13-11-20)34(31,32)30(16-14-28-18-26-22-6-2-4-8-24(22)28)17-15-29-19-27-23-7-3-5-9-25(23)29/h2-13,18-19H,14-17H2,1H3. The number of fused-ring (bicyclic) bond motifs is 2. The van der Waals surface area contributed by atoms with Gasteiger partial charge < -0.3 is 13.9 Å². The maximum Gasteiger partial charge on any atom is 0.243 e. The van der Waals surface area contributed by atoms with E-state index in [4.69, 9.17) is 4.74 Å². The van der Waals surface area contributed by atoms with Crippen LogP contribution in [0.25, 0.3) is 22.1 Å². The average molecular weight is 476 g/mol. The Kier molecular flexibility index (Phi) is 6.04. The molecule has 0 saturated carbocycles. The maximum atomic E-state index is 13.6. The van der Waals surface area contributed by atoms with Crippen LogP contribution >= 0.6 is 0 Å². The highest BCUT2D eigenvalue weighted by molar-refractivity contribution is 7.89. The molecule has 5 rings (SSSR count). The fraction of sp³-hybridized carbons (Fsp3) is 0.200. The average Bonchev–Trinajstić information content (AvgIpc) is 3.48. The summed E-state index contributed by atoms with van der Waals surface area (Å²) < 4.78 is 37.9. The summed E-state index contributed by atoms with van der Waals surface area (Å²) in [5, 5.41) is 0. The Morgan fingerprint density at radius 1 is 0.765 bits per heavy atom. The van der Waals surface area contributed by atoms with Gasteiger partial charge in [0.2, 0.25) is 10.0 Å². The van der Waals surface area contributed by atoms with E-state index in [2.05, 4.69) is 9.97 Å². The summed E-state index contributed by atoms with van der Waals surface area (Å²) in [6.45, 7) is 1.59. The van der Waals surface area contributed by atoms with Gasteiger partial charge in [-0.05, 0) is 48.5 Å². The number of sulfonamides is 1. The van der Waals surface area contributed by atoms with Crippen LogP contribution in [0, 0.1) is 0 Å². The number of ether oxygens (including phenoxy) is 1. The van der Waals surface area contributed by atoms with Gasteiger partial charge in [-0.15, -0.1) is 0 Å². The fourth-order valence-corrected chi connectivity index (χ4v) is 5.49. The topological polar surface area (TPSA) is 82.3 Å². The van der Waals surface area contributed by atoms with Crippen LogP contribution in [0.3, 0.4) is 0 Å². The monoisotopic (exact) mass is 475 g/mol. The molecule has 0 bridgehead atoms. The van der Waals surface area contributed by atoms with Gasteiger partial charge in [0.15, 0.2) is 0 Å². The quantitative estimate of drug-likeness (QED) is 0.324. The van der Waals surface area contributed by atoms with Crippen molar-refractivity contribution in [2.75, 3.05) is 20.2 Å². The predicted octanol–water partition coefficient (Wildman–Crippen LogP) is 3.79. The molecule has 174 valence electrons. The molecule has 0 aliphatic heterocycles. The summed E-state index contributed by atoms with van der Waals surface area (Å²) in [4.78, 5) is 9.09. The Morgan fingerprint density at radius 3 is 1.76 bits per heavy atom. The molecule has 34 heavy (non-hydrogen) atoms. The maximum absolute atomic E-state index is 13.6. The van der Waals surface area contributed by atoms with Crippen LogP contribution in [0.15, 0.2) is 90.3 Å². The zero-order chi connectivity index (χ0) is 23.5. The van der Waals surface area contributed by atoms with Crippen LogP contribution in [0.4, 0.5) is 0 Å². The molecule has 0 radical (unpaired) electrons. The van der Waals surface area contributed by atoms with Crippen molar-refractivity contribution in [1.82, 2.24) is 23.4 Å². The zero-order valence-electron chi connectivity index (χ0n) is 18.8. The van der Waals surface area contributed by atoms with Crippen molar-refractivity contribution in [3.05, 3.63) is 85.5 Å². The van der Waals surface area contributed by atoms with Crippen molar-refractivity contribution in [3.63, 3.8) is 0 Å². The summed E-state index contributed by atoms with van der Waals surface area (Å²) in [6, 6.07) is 22.2. The van der Waals surface area contributed by atoms with E-state index in [1.54, 1.807) is 44.0 Å². The highest BCUT2D eigenvalue weighted by atomic mass is 32.2. The van der Waals surface area contributed by atoms with Gasteiger partial charge in [-0.2, -0.15) is 4.31 Å². The van der Waals surface area contributed by atoms with Gasteiger partial charge in [-0.1, -0.05) is 24.3 Å². The van der Waals surface area contributed by atoms with Gasteiger partial charge in [0, 0.05) is 26.2 Å². The van der Waals surface area contributed by atoms with E-state index in [-0.39, 0.29) is 4.90 Å². The van der Waals surface area contributed by atoms with Gasteiger partial charge in [-0.3, -0.25) is 0 Å². The third-order valence-electron chi connectivity index (χ3n) is 5.93. The van der Waals surface area contributed by atoms with E-state index in [1.165, 1.54) is 4.31 Å². The Bertz CT molecular complexity index is 1450. The van der Waals surface area contributed by atoms with Crippen molar-refractivity contribution < 1.29 is 13.2 Å². The first-order valence-corrected chi connectivity index (χ1v) is 12.4. The summed E-state index contributed by atoms with van der Waals surface area (Å²) in [5.41, 5.74) is 3.73. The number of benzene rings is 3. The predicted molar refractivity (Wildman–Crippen MR) is 131 cm³/mol. The normalized spacial score (nSPS) is 12.1. The highest BCUT2D eigenvalue weighted by Crippen LogP contribution is 2.21. The summed E-state index contributed by atoms with van der Waals surface area (Å²) in [5.74, 6) is 0.611. The van der Waals surface area contributed by atoms with Gasteiger partial charge in [-0.25, -0.2) is 18.4 Å². The zero-order valence-corrected chi connectivity index (χ0v) is 19.6. The number of hydrogen-bond acceptors (Lipinski definition) is 5. The minimum atomic E-state index is -3.73. The molecule has 0 spiro atoms. The third kappa shape index (κ3) is 4.27. The van der Waals surface area contributed by atoms with Crippen molar-refractivity contribution in [1.29, 1.82) is 0 Å². The molecule has 0 saturated heterocycles. The molecule has 0 aliphatic carbocycles. The molecule has 0 aliphatic rings. The Labute approximate surface area is 198 Å². The molecule has 8 nitrogen and oxygen atoms in total. The van der Waals surface area contributed by atoms with E-state index < -0.39 is 10.0 Å². The number of methoxy groups -OCH3 is 1. The van der Waals surface area contributed by atoms with E-state index in [1.807, 2.05) is 57.7 Å². The van der Waals surface area contributed by atoms with Gasteiger partial charge >= 0.3 is 0 Å². The second-order valence-electron chi connectivity index (χ2n) is 7.93. The molecular weight excluding hydrogens is 450 g/mol. The van der Waals surface area contributed by atoms with Crippen LogP contribution in [0.1, 0.15) is 0 Å². The number of rotatable bonds is 9. The Balaban J connectivity index is 1.42. The lowest BCUT2D eigenvalue weighted by Gasteiger charge is -2.23. The second-order valence-corrected chi connectivity index (χ2v) is 9.87. The van der Waals surface area contributed by atoms with Crippen molar-refractivity contribution in [2.45, 2.75) is 18.0 Å². The Hall–Kier alpha value is -3.69. The molecule has 0 amide bonds. The molecule has 0 atom stereocenters. The van der Waals surface area contributed by atoms with Gasteiger partial charge in [0.1, 0.15) is 5.75 Å². The molecule has 0 fully saturated rings. The van der Waals surface area contributed by atoms with Crippen molar-refractivity contribution in [3.8, 4) is 5.75 Å². The minimum Gasteiger partial charge on any atom is -0.497 e. The summed E-state index contributed by atoms with van der Waals surface area (Å²) in [7, 11) is -2.17. The molecule has 3 aromatic carbocycles. The first-order valence-electron chi connectivity index (χ1n) is 11.0. The Morgan fingerprint density at radius 2 is 1.26 bits per heavy atom. The highest BCUT2D eigenvalue weighted by Gasteiger charge is 2.25. The van der Waals surface area contributed by atoms with E-state index in [0.29, 0.717) is 31.9 Å². The molecule has 0 unspecified atom stereocenters. The van der Waals surface area contributed by atoms with Crippen LogP contribution in [0.5, 0.6) is 5.75 Å². The third-order valence-corrected chi connectivity index (χ3v) is 7.85. The first-order chi connectivity index (χ1) is 16.6. The number of hydrogen-bond donors (Lipinski definition) is 0. The largest absolute Gasteiger partial charge is 0.497 e. The molecular formula is C25H25N5O3S. The van der Waals surface area contributed by atoms with Crippen molar-refractivity contribution in [2.24, 2.45) is 0 Å². The molecule has 0 N–H and O–H groups in total. The SMILES string of the molecule is COc1ccc(S(=O)(=O)N(CCn2cnc3ccccc32)CCn2cnc3ccccc32)cc1.